The Morgan fingerprint density at radius 1 is 0.926 bits per heavy atom. The van der Waals surface area contributed by atoms with Crippen molar-refractivity contribution in [3.63, 3.8) is 0 Å². The number of anilines is 1. The third-order valence-electron chi connectivity index (χ3n) is 4.59. The van der Waals surface area contributed by atoms with Crippen LogP contribution in [0.25, 0.3) is 11.1 Å². The Bertz CT molecular complexity index is 1150. The second-order valence-electron chi connectivity index (χ2n) is 6.32. The summed E-state index contributed by atoms with van der Waals surface area (Å²) in [5, 5.41) is 0. The third-order valence-corrected chi connectivity index (χ3v) is 6.34. The lowest BCUT2D eigenvalue weighted by Gasteiger charge is -2.30. The van der Waals surface area contributed by atoms with Gasteiger partial charge in [-0.15, -0.1) is 0 Å². The van der Waals surface area contributed by atoms with Gasteiger partial charge in [-0.3, -0.25) is 4.79 Å². The first-order valence-corrected chi connectivity index (χ1v) is 9.81. The van der Waals surface area contributed by atoms with Crippen LogP contribution in [0.2, 0.25) is 0 Å². The molecule has 0 saturated carbocycles. The van der Waals surface area contributed by atoms with Gasteiger partial charge in [-0.05, 0) is 49.4 Å². The molecule has 0 radical (unpaired) electrons. The second-order valence-corrected chi connectivity index (χ2v) is 8.07. The normalized spacial score (nSPS) is 14.2. The molecule has 3 aromatic carbocycles. The van der Waals surface area contributed by atoms with Gasteiger partial charge in [-0.25, -0.2) is 8.42 Å². The Labute approximate surface area is 157 Å². The number of amides is 1. The number of hydrogen-bond donors (Lipinski definition) is 0. The molecule has 1 amide bonds. The molecule has 1 aliphatic rings. The minimum absolute atomic E-state index is 0.130. The molecule has 0 saturated heterocycles. The monoisotopic (exact) mass is 379 g/mol. The summed E-state index contributed by atoms with van der Waals surface area (Å²) >= 11 is 0. The van der Waals surface area contributed by atoms with Crippen molar-refractivity contribution in [2.24, 2.45) is 0 Å². The lowest BCUT2D eigenvalue weighted by Crippen LogP contribution is -2.39. The standard InChI is InChI=1S/C21H17NO4S/c1-14-7-12-19-18(13-14)17-5-3-4-6-20(17)27(24,25)22(19)21(23)15-8-10-16(26-2)11-9-15/h3-13H,1-2H3. The van der Waals surface area contributed by atoms with Crippen LogP contribution in [0.15, 0.2) is 71.6 Å². The van der Waals surface area contributed by atoms with Gasteiger partial charge in [0.05, 0.1) is 17.7 Å². The topological polar surface area (TPSA) is 63.7 Å². The van der Waals surface area contributed by atoms with Crippen molar-refractivity contribution < 1.29 is 17.9 Å². The number of rotatable bonds is 2. The van der Waals surface area contributed by atoms with Crippen LogP contribution < -0.4 is 9.04 Å². The average molecular weight is 379 g/mol. The fourth-order valence-electron chi connectivity index (χ4n) is 3.25. The summed E-state index contributed by atoms with van der Waals surface area (Å²) in [6.07, 6.45) is 0. The number of ether oxygens (including phenoxy) is 1. The average Bonchev–Trinajstić information content (AvgIpc) is 2.68. The summed E-state index contributed by atoms with van der Waals surface area (Å²) in [5.41, 5.74) is 2.95. The van der Waals surface area contributed by atoms with Gasteiger partial charge >= 0.3 is 0 Å². The first-order valence-electron chi connectivity index (χ1n) is 8.37. The molecule has 0 atom stereocenters. The molecule has 0 fully saturated rings. The fourth-order valence-corrected chi connectivity index (χ4v) is 4.90. The molecule has 136 valence electrons. The Morgan fingerprint density at radius 3 is 2.33 bits per heavy atom. The van der Waals surface area contributed by atoms with Gasteiger partial charge in [0, 0.05) is 16.7 Å². The maximum atomic E-state index is 13.3. The number of nitrogens with zero attached hydrogens (tertiary/aromatic N) is 1. The van der Waals surface area contributed by atoms with Gasteiger partial charge in [-0.2, -0.15) is 4.31 Å². The Kier molecular flexibility index (Phi) is 4.00. The van der Waals surface area contributed by atoms with E-state index in [0.29, 0.717) is 17.0 Å². The van der Waals surface area contributed by atoms with Gasteiger partial charge < -0.3 is 4.74 Å². The molecule has 27 heavy (non-hydrogen) atoms. The molecule has 0 aliphatic carbocycles. The van der Waals surface area contributed by atoms with E-state index in [4.69, 9.17) is 4.74 Å². The van der Waals surface area contributed by atoms with E-state index in [-0.39, 0.29) is 10.5 Å². The first kappa shape index (κ1) is 17.3. The molecule has 6 heteroatoms. The van der Waals surface area contributed by atoms with Crippen LogP contribution in [-0.2, 0) is 10.0 Å². The SMILES string of the molecule is COc1ccc(C(=O)N2c3ccc(C)cc3-c3ccccc3S2(=O)=O)cc1. The van der Waals surface area contributed by atoms with E-state index in [0.717, 1.165) is 15.4 Å². The van der Waals surface area contributed by atoms with E-state index in [1.54, 1.807) is 54.6 Å². The van der Waals surface area contributed by atoms with Crippen LogP contribution in [-0.4, -0.2) is 21.4 Å². The lowest BCUT2D eigenvalue weighted by molar-refractivity contribution is 0.100. The van der Waals surface area contributed by atoms with E-state index in [1.807, 2.05) is 13.0 Å². The maximum absolute atomic E-state index is 13.3. The molecule has 0 unspecified atom stereocenters. The van der Waals surface area contributed by atoms with E-state index >= 15 is 0 Å². The zero-order chi connectivity index (χ0) is 19.2. The van der Waals surface area contributed by atoms with Gasteiger partial charge in [0.25, 0.3) is 15.9 Å². The van der Waals surface area contributed by atoms with E-state index < -0.39 is 15.9 Å². The Balaban J connectivity index is 1.94. The highest BCUT2D eigenvalue weighted by molar-refractivity contribution is 7.93. The molecule has 0 aromatic heterocycles. The molecule has 0 spiro atoms. The highest BCUT2D eigenvalue weighted by Gasteiger charge is 2.39. The maximum Gasteiger partial charge on any atom is 0.272 e. The van der Waals surface area contributed by atoms with Crippen molar-refractivity contribution in [1.82, 2.24) is 0 Å². The van der Waals surface area contributed by atoms with Gasteiger partial charge in [0.15, 0.2) is 0 Å². The van der Waals surface area contributed by atoms with Gasteiger partial charge in [0.2, 0.25) is 0 Å². The number of benzene rings is 3. The van der Waals surface area contributed by atoms with Crippen molar-refractivity contribution >= 4 is 21.6 Å². The molecule has 4 rings (SSSR count). The van der Waals surface area contributed by atoms with Crippen LogP contribution in [0.1, 0.15) is 15.9 Å². The second kappa shape index (κ2) is 6.25. The number of sulfonamides is 1. The van der Waals surface area contributed by atoms with Gasteiger partial charge in [0.1, 0.15) is 5.75 Å². The zero-order valence-electron chi connectivity index (χ0n) is 14.8. The molecule has 5 nitrogen and oxygen atoms in total. The minimum atomic E-state index is -4.02. The van der Waals surface area contributed by atoms with Crippen LogP contribution in [0.5, 0.6) is 5.75 Å². The summed E-state index contributed by atoms with van der Waals surface area (Å²) in [7, 11) is -2.49. The van der Waals surface area contributed by atoms with Crippen molar-refractivity contribution in [2.75, 3.05) is 11.4 Å². The third kappa shape index (κ3) is 2.69. The number of aryl methyl sites for hydroxylation is 1. The van der Waals surface area contributed by atoms with Crippen LogP contribution in [0.4, 0.5) is 5.69 Å². The van der Waals surface area contributed by atoms with Gasteiger partial charge in [-0.1, -0.05) is 29.8 Å². The quantitative estimate of drug-likeness (QED) is 0.675. The van der Waals surface area contributed by atoms with Crippen molar-refractivity contribution in [1.29, 1.82) is 0 Å². The van der Waals surface area contributed by atoms with Crippen molar-refractivity contribution in [3.05, 3.63) is 77.9 Å². The number of fused-ring (bicyclic) bond motifs is 3. The summed E-state index contributed by atoms with van der Waals surface area (Å²) in [6.45, 7) is 1.93. The molecule has 1 heterocycles. The lowest BCUT2D eigenvalue weighted by atomic mass is 10.0. The molecular weight excluding hydrogens is 362 g/mol. The van der Waals surface area contributed by atoms with Crippen molar-refractivity contribution in [2.45, 2.75) is 11.8 Å². The summed E-state index contributed by atoms with van der Waals surface area (Å²) in [4.78, 5) is 13.3. The highest BCUT2D eigenvalue weighted by Crippen LogP contribution is 2.43. The fraction of sp³-hybridized carbons (Fsp3) is 0.0952. The Hall–Kier alpha value is -3.12. The molecule has 0 bridgehead atoms. The first-order chi connectivity index (χ1) is 12.9. The van der Waals surface area contributed by atoms with Crippen LogP contribution >= 0.6 is 0 Å². The molecule has 1 aliphatic heterocycles. The number of hydrogen-bond acceptors (Lipinski definition) is 4. The zero-order valence-corrected chi connectivity index (χ0v) is 15.7. The molecule has 3 aromatic rings. The predicted molar refractivity (Wildman–Crippen MR) is 104 cm³/mol. The predicted octanol–water partition coefficient (Wildman–Crippen LogP) is 4.02. The largest absolute Gasteiger partial charge is 0.497 e. The number of carbonyl (C=O) groups excluding carboxylic acids is 1. The van der Waals surface area contributed by atoms with E-state index in [2.05, 4.69) is 0 Å². The molecule has 0 N–H and O–H groups in total. The van der Waals surface area contributed by atoms with Crippen LogP contribution in [0, 0.1) is 6.92 Å². The van der Waals surface area contributed by atoms with Crippen LogP contribution in [0.3, 0.4) is 0 Å². The highest BCUT2D eigenvalue weighted by atomic mass is 32.2. The summed E-state index contributed by atoms with van der Waals surface area (Å²) in [6, 6.07) is 18.5. The van der Waals surface area contributed by atoms with Crippen molar-refractivity contribution in [3.8, 4) is 16.9 Å². The number of carbonyl (C=O) groups is 1. The minimum Gasteiger partial charge on any atom is -0.497 e. The number of methoxy groups -OCH3 is 1. The summed E-state index contributed by atoms with van der Waals surface area (Å²) in [5.74, 6) is -0.00770. The Morgan fingerprint density at radius 2 is 1.63 bits per heavy atom. The smallest absolute Gasteiger partial charge is 0.272 e. The summed E-state index contributed by atoms with van der Waals surface area (Å²) < 4.78 is 32.5. The van der Waals surface area contributed by atoms with E-state index in [9.17, 15) is 13.2 Å². The van der Waals surface area contributed by atoms with E-state index in [1.165, 1.54) is 13.2 Å². The molecular formula is C21H17NO4S.